The molecule has 0 fully saturated rings. The summed E-state index contributed by atoms with van der Waals surface area (Å²) in [5.74, 6) is -1.22. The Labute approximate surface area is 127 Å². The Morgan fingerprint density at radius 1 is 1.14 bits per heavy atom. The van der Waals surface area contributed by atoms with E-state index in [0.29, 0.717) is 10.6 Å². The molecule has 2 aromatic rings. The predicted molar refractivity (Wildman–Crippen MR) is 84.3 cm³/mol. The highest BCUT2D eigenvalue weighted by Gasteiger charge is 2.20. The Morgan fingerprint density at radius 2 is 1.76 bits per heavy atom. The summed E-state index contributed by atoms with van der Waals surface area (Å²) in [6.45, 7) is 5.59. The van der Waals surface area contributed by atoms with Crippen molar-refractivity contribution in [3.8, 4) is 0 Å². The minimum atomic E-state index is -1.01. The van der Waals surface area contributed by atoms with Gasteiger partial charge >= 0.3 is 5.97 Å². The van der Waals surface area contributed by atoms with E-state index in [1.807, 2.05) is 38.1 Å². The monoisotopic (exact) mass is 303 g/mol. The van der Waals surface area contributed by atoms with E-state index < -0.39 is 5.97 Å². The van der Waals surface area contributed by atoms with Gasteiger partial charge in [-0.1, -0.05) is 29.8 Å². The van der Waals surface area contributed by atoms with Crippen LogP contribution in [0, 0.1) is 20.8 Å². The Hall–Kier alpha value is -2.14. The van der Waals surface area contributed by atoms with E-state index in [9.17, 15) is 14.7 Å². The van der Waals surface area contributed by atoms with E-state index in [0.717, 1.165) is 16.0 Å². The second-order valence-electron chi connectivity index (χ2n) is 5.00. The first-order valence-electron chi connectivity index (χ1n) is 6.57. The number of carbonyl (C=O) groups is 2. The van der Waals surface area contributed by atoms with Crippen molar-refractivity contribution >= 4 is 28.2 Å². The summed E-state index contributed by atoms with van der Waals surface area (Å²) >= 11 is 1.30. The van der Waals surface area contributed by atoms with Gasteiger partial charge in [0.15, 0.2) is 0 Å². The Morgan fingerprint density at radius 3 is 2.33 bits per heavy atom. The van der Waals surface area contributed by atoms with Crippen molar-refractivity contribution in [3.05, 3.63) is 51.4 Å². The van der Waals surface area contributed by atoms with Gasteiger partial charge in [-0.2, -0.15) is 0 Å². The van der Waals surface area contributed by atoms with Gasteiger partial charge < -0.3 is 10.4 Å². The van der Waals surface area contributed by atoms with Crippen molar-refractivity contribution in [2.24, 2.45) is 0 Å². The number of hydrogen-bond acceptors (Lipinski definition) is 3. The molecule has 0 saturated heterocycles. The predicted octanol–water partition coefficient (Wildman–Crippen LogP) is 3.55. The van der Waals surface area contributed by atoms with Crippen LogP contribution in [0.2, 0.25) is 0 Å². The lowest BCUT2D eigenvalue weighted by molar-refractivity contribution is -0.115. The normalized spacial score (nSPS) is 10.4. The summed E-state index contributed by atoms with van der Waals surface area (Å²) in [6, 6.07) is 7.70. The molecular weight excluding hydrogens is 286 g/mol. The van der Waals surface area contributed by atoms with Crippen LogP contribution in [0.15, 0.2) is 24.3 Å². The number of thiophene rings is 1. The summed E-state index contributed by atoms with van der Waals surface area (Å²) < 4.78 is 0. The molecule has 0 aliphatic rings. The van der Waals surface area contributed by atoms with Gasteiger partial charge in [0, 0.05) is 4.88 Å². The summed E-state index contributed by atoms with van der Waals surface area (Å²) in [5, 5.41) is 12.4. The maximum Gasteiger partial charge on any atom is 0.338 e. The van der Waals surface area contributed by atoms with Crippen molar-refractivity contribution in [3.63, 3.8) is 0 Å². The zero-order chi connectivity index (χ0) is 15.6. The summed E-state index contributed by atoms with van der Waals surface area (Å²) in [6.07, 6.45) is 0.231. The van der Waals surface area contributed by atoms with Crippen molar-refractivity contribution in [1.29, 1.82) is 0 Å². The highest BCUT2D eigenvalue weighted by atomic mass is 32.1. The smallest absolute Gasteiger partial charge is 0.338 e. The van der Waals surface area contributed by atoms with Crippen molar-refractivity contribution in [1.82, 2.24) is 0 Å². The number of rotatable bonds is 4. The Balaban J connectivity index is 2.15. The number of carbonyl (C=O) groups excluding carboxylic acids is 1. The van der Waals surface area contributed by atoms with Crippen LogP contribution in [0.4, 0.5) is 5.00 Å². The fourth-order valence-electron chi connectivity index (χ4n) is 2.03. The van der Waals surface area contributed by atoms with Crippen LogP contribution in [-0.2, 0) is 11.2 Å². The maximum absolute atomic E-state index is 12.1. The molecule has 21 heavy (non-hydrogen) atoms. The van der Waals surface area contributed by atoms with E-state index in [-0.39, 0.29) is 17.9 Å². The lowest BCUT2D eigenvalue weighted by atomic mass is 10.1. The van der Waals surface area contributed by atoms with Gasteiger partial charge in [-0.3, -0.25) is 4.79 Å². The molecule has 1 aromatic heterocycles. The van der Waals surface area contributed by atoms with E-state index in [4.69, 9.17) is 0 Å². The number of nitrogens with one attached hydrogen (secondary N) is 1. The molecule has 0 atom stereocenters. The molecule has 0 aliphatic carbocycles. The van der Waals surface area contributed by atoms with Crippen LogP contribution in [0.25, 0.3) is 0 Å². The van der Waals surface area contributed by atoms with E-state index in [1.165, 1.54) is 11.3 Å². The fraction of sp³-hybridized carbons (Fsp3) is 0.250. The molecule has 5 heteroatoms. The molecule has 0 bridgehead atoms. The molecule has 110 valence electrons. The molecule has 0 saturated carbocycles. The quantitative estimate of drug-likeness (QED) is 0.907. The molecular formula is C16H17NO3S. The van der Waals surface area contributed by atoms with E-state index in [1.54, 1.807) is 6.92 Å². The summed E-state index contributed by atoms with van der Waals surface area (Å²) in [7, 11) is 0. The third kappa shape index (κ3) is 3.49. The number of anilines is 1. The zero-order valence-corrected chi connectivity index (χ0v) is 13.0. The number of aromatic carboxylic acids is 1. The van der Waals surface area contributed by atoms with Crippen molar-refractivity contribution in [2.45, 2.75) is 27.2 Å². The van der Waals surface area contributed by atoms with E-state index in [2.05, 4.69) is 5.32 Å². The molecule has 2 rings (SSSR count). The van der Waals surface area contributed by atoms with Crippen LogP contribution < -0.4 is 5.32 Å². The number of aryl methyl sites for hydroxylation is 2. The van der Waals surface area contributed by atoms with Gasteiger partial charge in [0.05, 0.1) is 12.0 Å². The van der Waals surface area contributed by atoms with Gasteiger partial charge in [-0.25, -0.2) is 4.79 Å². The highest BCUT2D eigenvalue weighted by molar-refractivity contribution is 7.16. The first-order chi connectivity index (χ1) is 9.88. The lowest BCUT2D eigenvalue weighted by Gasteiger charge is -2.05. The molecule has 0 radical (unpaired) electrons. The first-order valence-corrected chi connectivity index (χ1v) is 7.39. The molecule has 0 unspecified atom stereocenters. The van der Waals surface area contributed by atoms with Gasteiger partial charge in [0.1, 0.15) is 5.00 Å². The molecule has 1 amide bonds. The second kappa shape index (κ2) is 6.10. The third-order valence-electron chi connectivity index (χ3n) is 3.34. The Bertz CT molecular complexity index is 686. The topological polar surface area (TPSA) is 66.4 Å². The second-order valence-corrected chi connectivity index (χ2v) is 6.23. The van der Waals surface area contributed by atoms with Crippen LogP contribution in [0.3, 0.4) is 0 Å². The SMILES string of the molecule is Cc1ccc(CC(=O)Nc2sc(C)c(C)c2C(=O)O)cc1. The number of carboxylic acids is 1. The van der Waals surface area contributed by atoms with Crippen LogP contribution in [0.5, 0.6) is 0 Å². The summed E-state index contributed by atoms with van der Waals surface area (Å²) in [5.41, 5.74) is 2.93. The standard InChI is InChI=1S/C16H17NO3S/c1-9-4-6-12(7-5-9)8-13(18)17-15-14(16(19)20)10(2)11(3)21-15/h4-7H,8H2,1-3H3,(H,17,18)(H,19,20). The molecule has 0 aliphatic heterocycles. The average molecular weight is 303 g/mol. The van der Waals surface area contributed by atoms with E-state index >= 15 is 0 Å². The van der Waals surface area contributed by atoms with Crippen LogP contribution in [0.1, 0.15) is 31.9 Å². The summed E-state index contributed by atoms with van der Waals surface area (Å²) in [4.78, 5) is 24.3. The number of carboxylic acid groups (broad SMARTS) is 1. The highest BCUT2D eigenvalue weighted by Crippen LogP contribution is 2.32. The van der Waals surface area contributed by atoms with Crippen LogP contribution in [-0.4, -0.2) is 17.0 Å². The van der Waals surface area contributed by atoms with Gasteiger partial charge in [-0.15, -0.1) is 11.3 Å². The number of amides is 1. The largest absolute Gasteiger partial charge is 0.478 e. The number of hydrogen-bond donors (Lipinski definition) is 2. The molecule has 1 aromatic carbocycles. The minimum Gasteiger partial charge on any atom is -0.478 e. The minimum absolute atomic E-state index is 0.190. The fourth-order valence-corrected chi connectivity index (χ4v) is 3.10. The van der Waals surface area contributed by atoms with Gasteiger partial charge in [0.2, 0.25) is 5.91 Å². The molecule has 2 N–H and O–H groups in total. The zero-order valence-electron chi connectivity index (χ0n) is 12.2. The lowest BCUT2D eigenvalue weighted by Crippen LogP contribution is -2.15. The maximum atomic E-state index is 12.1. The van der Waals surface area contributed by atoms with Crippen molar-refractivity contribution < 1.29 is 14.7 Å². The molecule has 4 nitrogen and oxygen atoms in total. The Kier molecular flexibility index (Phi) is 4.43. The van der Waals surface area contributed by atoms with Gasteiger partial charge in [-0.05, 0) is 31.9 Å². The molecule has 1 heterocycles. The van der Waals surface area contributed by atoms with Gasteiger partial charge in [0.25, 0.3) is 0 Å². The molecule has 0 spiro atoms. The first kappa shape index (κ1) is 15.3. The average Bonchev–Trinajstić information content (AvgIpc) is 2.67. The van der Waals surface area contributed by atoms with Crippen molar-refractivity contribution in [2.75, 3.05) is 5.32 Å². The van der Waals surface area contributed by atoms with Crippen LogP contribution >= 0.6 is 11.3 Å². The third-order valence-corrected chi connectivity index (χ3v) is 4.46. The number of benzene rings is 1.